The van der Waals surface area contributed by atoms with Gasteiger partial charge in [0, 0.05) is 25.7 Å². The van der Waals surface area contributed by atoms with Crippen LogP contribution in [-0.2, 0) is 17.5 Å². The Morgan fingerprint density at radius 2 is 1.95 bits per heavy atom. The van der Waals surface area contributed by atoms with Gasteiger partial charge in [0.1, 0.15) is 0 Å². The molecule has 4 nitrogen and oxygen atoms in total. The molecule has 1 atom stereocenters. The molecule has 1 fully saturated rings. The Hall–Kier alpha value is -1.60. The average molecular weight is 318 g/mol. The molecule has 1 heterocycles. The third-order valence-corrected chi connectivity index (χ3v) is 3.69. The van der Waals surface area contributed by atoms with Crippen molar-refractivity contribution < 1.29 is 23.1 Å². The molecule has 1 aliphatic rings. The molecular formula is C15H21F3N2O2. The molecule has 0 aliphatic carbocycles. The second-order valence-electron chi connectivity index (χ2n) is 5.40. The number of likely N-dealkylation sites (tertiary alicyclic amines) is 1. The van der Waals surface area contributed by atoms with E-state index in [4.69, 9.17) is 9.90 Å². The van der Waals surface area contributed by atoms with E-state index < -0.39 is 11.7 Å². The zero-order chi connectivity index (χ0) is 16.8. The van der Waals surface area contributed by atoms with Crippen LogP contribution in [0.1, 0.15) is 17.5 Å². The first-order chi connectivity index (χ1) is 10.3. The van der Waals surface area contributed by atoms with Crippen molar-refractivity contribution in [2.45, 2.75) is 25.2 Å². The van der Waals surface area contributed by atoms with E-state index in [1.807, 2.05) is 14.1 Å². The summed E-state index contributed by atoms with van der Waals surface area (Å²) in [5, 5.41) is 6.89. The summed E-state index contributed by atoms with van der Waals surface area (Å²) in [6.07, 6.45) is -3.25. The minimum atomic E-state index is -4.27. The number of alkyl halides is 3. The van der Waals surface area contributed by atoms with Crippen LogP contribution in [0.3, 0.4) is 0 Å². The lowest BCUT2D eigenvalue weighted by atomic mass is 10.1. The first-order valence-corrected chi connectivity index (χ1v) is 6.91. The molecule has 1 aliphatic heterocycles. The monoisotopic (exact) mass is 318 g/mol. The van der Waals surface area contributed by atoms with Crippen LogP contribution in [0.2, 0.25) is 0 Å². The Bertz CT molecular complexity index is 478. The van der Waals surface area contributed by atoms with Gasteiger partial charge < -0.3 is 10.0 Å². The van der Waals surface area contributed by atoms with Gasteiger partial charge in [-0.05, 0) is 32.1 Å². The highest BCUT2D eigenvalue weighted by molar-refractivity contribution is 5.32. The molecule has 2 rings (SSSR count). The van der Waals surface area contributed by atoms with Gasteiger partial charge in [-0.25, -0.2) is 0 Å². The highest BCUT2D eigenvalue weighted by Gasteiger charge is 2.34. The summed E-state index contributed by atoms with van der Waals surface area (Å²) in [6.45, 7) is 1.81. The summed E-state index contributed by atoms with van der Waals surface area (Å²) in [4.78, 5) is 12.6. The van der Waals surface area contributed by atoms with Gasteiger partial charge in [0.25, 0.3) is 6.47 Å². The molecule has 0 spiro atoms. The maximum absolute atomic E-state index is 12.9. The highest BCUT2D eigenvalue weighted by atomic mass is 19.4. The molecule has 1 unspecified atom stereocenters. The van der Waals surface area contributed by atoms with Crippen molar-refractivity contribution in [1.29, 1.82) is 0 Å². The lowest BCUT2D eigenvalue weighted by Crippen LogP contribution is -2.31. The topological polar surface area (TPSA) is 43.8 Å². The van der Waals surface area contributed by atoms with E-state index in [1.165, 1.54) is 6.07 Å². The molecule has 1 saturated heterocycles. The fourth-order valence-corrected chi connectivity index (χ4v) is 2.55. The van der Waals surface area contributed by atoms with Crippen LogP contribution in [0.25, 0.3) is 0 Å². The van der Waals surface area contributed by atoms with Crippen molar-refractivity contribution in [3.05, 3.63) is 35.4 Å². The molecule has 1 aromatic rings. The lowest BCUT2D eigenvalue weighted by Gasteiger charge is -2.21. The smallest absolute Gasteiger partial charge is 0.416 e. The summed E-state index contributed by atoms with van der Waals surface area (Å²) < 4.78 is 38.7. The van der Waals surface area contributed by atoms with Gasteiger partial charge in [-0.1, -0.05) is 18.2 Å². The van der Waals surface area contributed by atoms with Crippen LogP contribution in [-0.4, -0.2) is 54.6 Å². The van der Waals surface area contributed by atoms with E-state index in [9.17, 15) is 13.2 Å². The Morgan fingerprint density at radius 3 is 2.45 bits per heavy atom. The summed E-state index contributed by atoms with van der Waals surface area (Å²) >= 11 is 0. The van der Waals surface area contributed by atoms with Crippen LogP contribution in [0, 0.1) is 0 Å². The summed E-state index contributed by atoms with van der Waals surface area (Å²) in [5.74, 6) is 0. The van der Waals surface area contributed by atoms with Gasteiger partial charge in [-0.3, -0.25) is 9.69 Å². The summed E-state index contributed by atoms with van der Waals surface area (Å²) in [5.41, 5.74) is -0.141. The van der Waals surface area contributed by atoms with Gasteiger partial charge in [-0.2, -0.15) is 13.2 Å². The van der Waals surface area contributed by atoms with Crippen LogP contribution in [0.15, 0.2) is 24.3 Å². The molecule has 0 aromatic heterocycles. The third kappa shape index (κ3) is 5.31. The van der Waals surface area contributed by atoms with Crippen LogP contribution in [0.4, 0.5) is 13.2 Å². The van der Waals surface area contributed by atoms with Gasteiger partial charge >= 0.3 is 6.18 Å². The van der Waals surface area contributed by atoms with Crippen LogP contribution < -0.4 is 0 Å². The summed E-state index contributed by atoms with van der Waals surface area (Å²) in [6, 6.07) is 6.29. The maximum Gasteiger partial charge on any atom is 0.416 e. The molecule has 124 valence electrons. The van der Waals surface area contributed by atoms with Crippen molar-refractivity contribution in [2.24, 2.45) is 0 Å². The highest BCUT2D eigenvalue weighted by Crippen LogP contribution is 2.32. The first kappa shape index (κ1) is 18.4. The van der Waals surface area contributed by atoms with Crippen LogP contribution in [0.5, 0.6) is 0 Å². The van der Waals surface area contributed by atoms with E-state index in [-0.39, 0.29) is 6.47 Å². The second-order valence-corrected chi connectivity index (χ2v) is 5.40. The van der Waals surface area contributed by atoms with Crippen molar-refractivity contribution in [3.63, 3.8) is 0 Å². The molecule has 1 aromatic carbocycles. The number of carboxylic acid groups (broad SMARTS) is 1. The predicted octanol–water partition coefficient (Wildman–Crippen LogP) is 2.54. The second kappa shape index (κ2) is 8.14. The summed E-state index contributed by atoms with van der Waals surface area (Å²) in [7, 11) is 4.02. The van der Waals surface area contributed by atoms with Gasteiger partial charge in [0.05, 0.1) is 5.56 Å². The SMILES string of the molecule is CN(C)C1CCN(Cc2ccccc2C(F)(F)F)C1.O=CO. The molecule has 22 heavy (non-hydrogen) atoms. The molecule has 0 amide bonds. The number of rotatable bonds is 3. The molecule has 0 radical (unpaired) electrons. The minimum absolute atomic E-state index is 0.250. The lowest BCUT2D eigenvalue weighted by molar-refractivity contribution is -0.138. The third-order valence-electron chi connectivity index (χ3n) is 3.69. The molecule has 0 saturated carbocycles. The van der Waals surface area contributed by atoms with Crippen LogP contribution >= 0.6 is 0 Å². The zero-order valence-corrected chi connectivity index (χ0v) is 12.7. The van der Waals surface area contributed by atoms with E-state index in [0.717, 1.165) is 25.6 Å². The Morgan fingerprint density at radius 1 is 1.36 bits per heavy atom. The Kier molecular flexibility index (Phi) is 6.83. The molecule has 0 bridgehead atoms. The number of likely N-dealkylation sites (N-methyl/N-ethyl adjacent to an activating group) is 1. The first-order valence-electron chi connectivity index (χ1n) is 6.91. The number of hydrogen-bond donors (Lipinski definition) is 1. The largest absolute Gasteiger partial charge is 0.483 e. The Balaban J connectivity index is 0.000000745. The van der Waals surface area contributed by atoms with Gasteiger partial charge in [0.15, 0.2) is 0 Å². The molecule has 7 heteroatoms. The number of nitrogens with zero attached hydrogens (tertiary/aromatic N) is 2. The number of halogens is 3. The van der Waals surface area contributed by atoms with E-state index >= 15 is 0 Å². The normalized spacial score (nSPS) is 18.9. The van der Waals surface area contributed by atoms with E-state index in [2.05, 4.69) is 9.80 Å². The van der Waals surface area contributed by atoms with Crippen molar-refractivity contribution in [1.82, 2.24) is 9.80 Å². The zero-order valence-electron chi connectivity index (χ0n) is 12.7. The minimum Gasteiger partial charge on any atom is -0.483 e. The van der Waals surface area contributed by atoms with Crippen molar-refractivity contribution >= 4 is 6.47 Å². The van der Waals surface area contributed by atoms with Gasteiger partial charge in [0.2, 0.25) is 0 Å². The van der Waals surface area contributed by atoms with E-state index in [0.29, 0.717) is 18.2 Å². The number of carbonyl (C=O) groups is 1. The van der Waals surface area contributed by atoms with Gasteiger partial charge in [-0.15, -0.1) is 0 Å². The number of benzene rings is 1. The average Bonchev–Trinajstić information content (AvgIpc) is 2.88. The standard InChI is InChI=1S/C14H19F3N2.CH2O2/c1-18(2)12-7-8-19(10-12)9-11-5-3-4-6-13(11)14(15,16)17;2-1-3/h3-6,12H,7-10H2,1-2H3;1H,(H,2,3). The maximum atomic E-state index is 12.9. The predicted molar refractivity (Wildman–Crippen MR) is 77.5 cm³/mol. The molecule has 1 N–H and O–H groups in total. The van der Waals surface area contributed by atoms with Crippen molar-refractivity contribution in [3.8, 4) is 0 Å². The van der Waals surface area contributed by atoms with Crippen molar-refractivity contribution in [2.75, 3.05) is 27.2 Å². The number of hydrogen-bond acceptors (Lipinski definition) is 3. The Labute approximate surface area is 128 Å². The quantitative estimate of drug-likeness (QED) is 0.870. The fraction of sp³-hybridized carbons (Fsp3) is 0.533. The fourth-order valence-electron chi connectivity index (χ4n) is 2.55. The van der Waals surface area contributed by atoms with E-state index in [1.54, 1.807) is 12.1 Å². The molecular weight excluding hydrogens is 297 g/mol.